The zero-order chi connectivity index (χ0) is 14.5. The molecule has 7 heteroatoms. The Balaban J connectivity index is 4.69. The second kappa shape index (κ2) is 6.23. The van der Waals surface area contributed by atoms with Gasteiger partial charge >= 0.3 is 12.0 Å². The summed E-state index contributed by atoms with van der Waals surface area (Å²) in [7, 11) is 0. The number of carboxylic acids is 1. The average Bonchev–Trinajstić information content (AvgIpc) is 2.09. The maximum atomic E-state index is 11.9. The lowest BCUT2D eigenvalue weighted by atomic mass is 10.0. The fraction of sp³-hybridized carbons (Fsp3) is 0.727. The van der Waals surface area contributed by atoms with Gasteiger partial charge in [0.05, 0.1) is 0 Å². The highest BCUT2D eigenvalue weighted by molar-refractivity contribution is 5.82. The number of carbonyl (C=O) groups excluding carboxylic acids is 2. The quantitative estimate of drug-likeness (QED) is 0.630. The fourth-order valence-corrected chi connectivity index (χ4v) is 1.48. The number of nitrogens with two attached hydrogens (primary N) is 1. The summed E-state index contributed by atoms with van der Waals surface area (Å²) in [6.45, 7) is 6.33. The molecule has 0 saturated heterocycles. The molecule has 0 aromatic rings. The second-order valence-electron chi connectivity index (χ2n) is 5.07. The molecule has 18 heavy (non-hydrogen) atoms. The number of aliphatic carboxylic acids is 1. The Kier molecular flexibility index (Phi) is 5.61. The van der Waals surface area contributed by atoms with Crippen molar-refractivity contribution in [2.24, 2.45) is 5.73 Å². The van der Waals surface area contributed by atoms with E-state index in [2.05, 4.69) is 5.32 Å². The Morgan fingerprint density at radius 1 is 1.33 bits per heavy atom. The fourth-order valence-electron chi connectivity index (χ4n) is 1.48. The van der Waals surface area contributed by atoms with E-state index in [9.17, 15) is 14.4 Å². The van der Waals surface area contributed by atoms with Crippen molar-refractivity contribution >= 4 is 17.9 Å². The van der Waals surface area contributed by atoms with Crippen LogP contribution in [-0.4, -0.2) is 46.0 Å². The van der Waals surface area contributed by atoms with Gasteiger partial charge in [0.25, 0.3) is 0 Å². The van der Waals surface area contributed by atoms with Crippen LogP contribution in [0, 0.1) is 0 Å². The largest absolute Gasteiger partial charge is 0.480 e. The Morgan fingerprint density at radius 3 is 2.17 bits per heavy atom. The first-order chi connectivity index (χ1) is 8.05. The van der Waals surface area contributed by atoms with E-state index in [4.69, 9.17) is 10.8 Å². The topological polar surface area (TPSA) is 113 Å². The van der Waals surface area contributed by atoms with E-state index in [1.54, 1.807) is 27.7 Å². The minimum atomic E-state index is -1.09. The van der Waals surface area contributed by atoms with Crippen molar-refractivity contribution in [1.82, 2.24) is 10.2 Å². The Morgan fingerprint density at radius 2 is 1.83 bits per heavy atom. The van der Waals surface area contributed by atoms with Crippen LogP contribution in [0.3, 0.4) is 0 Å². The SMILES string of the molecule is CC(C)N(CC(=O)O)C(=O)NC(C)(C)CC(N)=O. The van der Waals surface area contributed by atoms with Gasteiger partial charge in [0.2, 0.25) is 5.91 Å². The van der Waals surface area contributed by atoms with E-state index >= 15 is 0 Å². The smallest absolute Gasteiger partial charge is 0.323 e. The lowest BCUT2D eigenvalue weighted by Crippen LogP contribution is -2.54. The number of nitrogens with one attached hydrogen (secondary N) is 1. The molecule has 3 amide bonds. The molecule has 0 saturated carbocycles. The molecule has 0 bridgehead atoms. The van der Waals surface area contributed by atoms with Crippen LogP contribution in [0.5, 0.6) is 0 Å². The van der Waals surface area contributed by atoms with Gasteiger partial charge in [-0.1, -0.05) is 0 Å². The number of hydrogen-bond acceptors (Lipinski definition) is 3. The van der Waals surface area contributed by atoms with Crippen molar-refractivity contribution in [3.05, 3.63) is 0 Å². The maximum absolute atomic E-state index is 11.9. The van der Waals surface area contributed by atoms with Crippen molar-refractivity contribution in [1.29, 1.82) is 0 Å². The number of rotatable bonds is 6. The van der Waals surface area contributed by atoms with Crippen LogP contribution >= 0.6 is 0 Å². The molecule has 0 aromatic carbocycles. The van der Waals surface area contributed by atoms with Gasteiger partial charge < -0.3 is 21.1 Å². The van der Waals surface area contributed by atoms with Gasteiger partial charge in [-0.25, -0.2) is 4.79 Å². The molecule has 0 aliphatic carbocycles. The first-order valence-electron chi connectivity index (χ1n) is 5.64. The molecular formula is C11H21N3O4. The van der Waals surface area contributed by atoms with Gasteiger partial charge in [-0.3, -0.25) is 9.59 Å². The first-order valence-corrected chi connectivity index (χ1v) is 5.64. The van der Waals surface area contributed by atoms with E-state index in [1.165, 1.54) is 4.90 Å². The number of urea groups is 1. The second-order valence-corrected chi connectivity index (χ2v) is 5.07. The highest BCUT2D eigenvalue weighted by Crippen LogP contribution is 2.09. The average molecular weight is 259 g/mol. The molecule has 0 aromatic heterocycles. The molecule has 4 N–H and O–H groups in total. The van der Waals surface area contributed by atoms with Crippen molar-refractivity contribution < 1.29 is 19.5 Å². The number of nitrogens with zero attached hydrogens (tertiary/aromatic N) is 1. The molecule has 0 heterocycles. The predicted octanol–water partition coefficient (Wildman–Crippen LogP) is 0.145. The number of hydrogen-bond donors (Lipinski definition) is 3. The third kappa shape index (κ3) is 6.07. The number of carbonyl (C=O) groups is 3. The molecule has 0 fully saturated rings. The molecule has 0 atom stereocenters. The summed E-state index contributed by atoms with van der Waals surface area (Å²) in [6.07, 6.45) is -0.0161. The lowest BCUT2D eigenvalue weighted by Gasteiger charge is -2.31. The van der Waals surface area contributed by atoms with E-state index in [1.807, 2.05) is 0 Å². The summed E-state index contributed by atoms with van der Waals surface area (Å²) in [5.74, 6) is -1.62. The number of primary amides is 1. The van der Waals surface area contributed by atoms with Gasteiger partial charge in [0.15, 0.2) is 0 Å². The standard InChI is InChI=1S/C11H21N3O4/c1-7(2)14(6-9(16)17)10(18)13-11(3,4)5-8(12)15/h7H,5-6H2,1-4H3,(H2,12,15)(H,13,18)(H,16,17). The zero-order valence-electron chi connectivity index (χ0n) is 11.2. The monoisotopic (exact) mass is 259 g/mol. The Hall–Kier alpha value is -1.79. The molecular weight excluding hydrogens is 238 g/mol. The van der Waals surface area contributed by atoms with Gasteiger partial charge in [0, 0.05) is 18.0 Å². The van der Waals surface area contributed by atoms with Crippen LogP contribution in [-0.2, 0) is 9.59 Å². The van der Waals surface area contributed by atoms with Crippen molar-refractivity contribution in [3.8, 4) is 0 Å². The highest BCUT2D eigenvalue weighted by Gasteiger charge is 2.27. The van der Waals surface area contributed by atoms with Crippen LogP contribution in [0.15, 0.2) is 0 Å². The molecule has 0 radical (unpaired) electrons. The molecule has 104 valence electrons. The number of carboxylic acid groups (broad SMARTS) is 1. The minimum Gasteiger partial charge on any atom is -0.480 e. The lowest BCUT2D eigenvalue weighted by molar-refractivity contribution is -0.138. The summed E-state index contributed by atoms with van der Waals surface area (Å²) in [6, 6.07) is -0.788. The summed E-state index contributed by atoms with van der Waals surface area (Å²) in [4.78, 5) is 34.6. The molecule has 0 rings (SSSR count). The van der Waals surface area contributed by atoms with Crippen LogP contribution in [0.25, 0.3) is 0 Å². The van der Waals surface area contributed by atoms with Crippen LogP contribution < -0.4 is 11.1 Å². The Labute approximate surface area is 106 Å². The summed E-state index contributed by atoms with van der Waals surface area (Å²) < 4.78 is 0. The van der Waals surface area contributed by atoms with Crippen LogP contribution in [0.1, 0.15) is 34.1 Å². The van der Waals surface area contributed by atoms with E-state index in [-0.39, 0.29) is 12.5 Å². The van der Waals surface area contributed by atoms with Crippen LogP contribution in [0.4, 0.5) is 4.79 Å². The van der Waals surface area contributed by atoms with E-state index in [0.29, 0.717) is 0 Å². The van der Waals surface area contributed by atoms with Crippen LogP contribution in [0.2, 0.25) is 0 Å². The van der Waals surface area contributed by atoms with Crippen molar-refractivity contribution in [3.63, 3.8) is 0 Å². The van der Waals surface area contributed by atoms with Gasteiger partial charge in [-0.15, -0.1) is 0 Å². The normalized spacial score (nSPS) is 11.2. The van der Waals surface area contributed by atoms with Gasteiger partial charge in [-0.05, 0) is 27.7 Å². The third-order valence-electron chi connectivity index (χ3n) is 2.25. The predicted molar refractivity (Wildman–Crippen MR) is 65.9 cm³/mol. The molecule has 0 spiro atoms. The summed E-state index contributed by atoms with van der Waals surface area (Å²) in [5, 5.41) is 11.3. The minimum absolute atomic E-state index is 0.0161. The van der Waals surface area contributed by atoms with E-state index < -0.39 is 30.0 Å². The van der Waals surface area contributed by atoms with Gasteiger partial charge in [0.1, 0.15) is 6.54 Å². The summed E-state index contributed by atoms with van der Waals surface area (Å²) in [5.41, 5.74) is 4.26. The molecule has 0 aliphatic heterocycles. The maximum Gasteiger partial charge on any atom is 0.323 e. The summed E-state index contributed by atoms with van der Waals surface area (Å²) >= 11 is 0. The molecule has 7 nitrogen and oxygen atoms in total. The Bertz CT molecular complexity index is 339. The zero-order valence-corrected chi connectivity index (χ0v) is 11.2. The molecule has 0 unspecified atom stereocenters. The van der Waals surface area contributed by atoms with E-state index in [0.717, 1.165) is 0 Å². The number of amides is 3. The van der Waals surface area contributed by atoms with Gasteiger partial charge in [-0.2, -0.15) is 0 Å². The van der Waals surface area contributed by atoms with Crippen molar-refractivity contribution in [2.45, 2.75) is 45.7 Å². The third-order valence-corrected chi connectivity index (χ3v) is 2.25. The molecule has 0 aliphatic rings. The first kappa shape index (κ1) is 16.2. The highest BCUT2D eigenvalue weighted by atomic mass is 16.4. The van der Waals surface area contributed by atoms with Crippen molar-refractivity contribution in [2.75, 3.05) is 6.54 Å².